The first-order chi connectivity index (χ1) is 14.1. The highest BCUT2D eigenvalue weighted by molar-refractivity contribution is 5.90. The predicted molar refractivity (Wildman–Crippen MR) is 106 cm³/mol. The molecule has 0 fully saturated rings. The zero-order valence-corrected chi connectivity index (χ0v) is 16.5. The van der Waals surface area contributed by atoms with Gasteiger partial charge in [-0.25, -0.2) is 4.98 Å². The Kier molecular flexibility index (Phi) is 6.09. The average Bonchev–Trinajstić information content (AvgIpc) is 3.11. The third-order valence-electron chi connectivity index (χ3n) is 4.47. The van der Waals surface area contributed by atoms with Gasteiger partial charge in [-0.2, -0.15) is 13.2 Å². The van der Waals surface area contributed by atoms with Crippen LogP contribution in [0.25, 0.3) is 0 Å². The molecule has 2 aromatic heterocycles. The summed E-state index contributed by atoms with van der Waals surface area (Å²) in [6, 6.07) is 8.91. The number of benzene rings is 1. The van der Waals surface area contributed by atoms with Crippen molar-refractivity contribution in [1.29, 1.82) is 0 Å². The van der Waals surface area contributed by atoms with E-state index in [1.807, 2.05) is 30.7 Å². The van der Waals surface area contributed by atoms with Crippen molar-refractivity contribution in [1.82, 2.24) is 14.1 Å². The molecule has 0 atom stereocenters. The molecule has 9 heteroatoms. The number of carbonyl (C=O) groups excluding carboxylic acids is 1. The average molecular weight is 418 g/mol. The number of rotatable bonds is 6. The van der Waals surface area contributed by atoms with Crippen LogP contribution >= 0.6 is 0 Å². The van der Waals surface area contributed by atoms with E-state index in [9.17, 15) is 22.8 Å². The highest BCUT2D eigenvalue weighted by Crippen LogP contribution is 2.26. The summed E-state index contributed by atoms with van der Waals surface area (Å²) in [7, 11) is 0. The second-order valence-electron chi connectivity index (χ2n) is 7.17. The van der Waals surface area contributed by atoms with Crippen LogP contribution in [0.1, 0.15) is 36.7 Å². The lowest BCUT2D eigenvalue weighted by atomic mass is 10.1. The molecule has 0 radical (unpaired) electrons. The third-order valence-corrected chi connectivity index (χ3v) is 4.47. The van der Waals surface area contributed by atoms with Crippen LogP contribution in [0.5, 0.6) is 0 Å². The van der Waals surface area contributed by atoms with Crippen LogP contribution in [-0.4, -0.2) is 20.0 Å². The van der Waals surface area contributed by atoms with E-state index in [1.165, 1.54) is 0 Å². The van der Waals surface area contributed by atoms with Gasteiger partial charge in [0.15, 0.2) is 0 Å². The Morgan fingerprint density at radius 1 is 1.13 bits per heavy atom. The van der Waals surface area contributed by atoms with Gasteiger partial charge in [-0.15, -0.1) is 0 Å². The number of aromatic nitrogens is 3. The van der Waals surface area contributed by atoms with Crippen molar-refractivity contribution in [2.24, 2.45) is 0 Å². The molecule has 0 saturated carbocycles. The fourth-order valence-electron chi connectivity index (χ4n) is 3.13. The monoisotopic (exact) mass is 418 g/mol. The fourth-order valence-corrected chi connectivity index (χ4v) is 3.13. The molecule has 6 nitrogen and oxygen atoms in total. The van der Waals surface area contributed by atoms with Crippen LogP contribution in [0.3, 0.4) is 0 Å². The Bertz CT molecular complexity index is 1100. The Morgan fingerprint density at radius 3 is 2.60 bits per heavy atom. The van der Waals surface area contributed by atoms with Crippen molar-refractivity contribution in [3.05, 3.63) is 82.3 Å². The maximum Gasteiger partial charge on any atom is 0.421 e. The molecule has 0 bridgehead atoms. The molecule has 1 N–H and O–H groups in total. The highest BCUT2D eigenvalue weighted by Gasteiger charge is 2.34. The van der Waals surface area contributed by atoms with E-state index in [0.717, 1.165) is 28.2 Å². The largest absolute Gasteiger partial charge is 0.421 e. The lowest BCUT2D eigenvalue weighted by Crippen LogP contribution is -2.31. The Morgan fingerprint density at radius 2 is 1.90 bits per heavy atom. The fraction of sp³-hybridized carbons (Fsp3) is 0.286. The van der Waals surface area contributed by atoms with Gasteiger partial charge in [0, 0.05) is 36.7 Å². The number of pyridine rings is 1. The molecule has 2 heterocycles. The van der Waals surface area contributed by atoms with Gasteiger partial charge in [-0.1, -0.05) is 26.0 Å². The van der Waals surface area contributed by atoms with Crippen LogP contribution < -0.4 is 10.9 Å². The molecule has 0 aliphatic carbocycles. The van der Waals surface area contributed by atoms with Gasteiger partial charge < -0.3 is 14.5 Å². The first kappa shape index (κ1) is 21.4. The number of nitrogens with one attached hydrogen (secondary N) is 1. The van der Waals surface area contributed by atoms with E-state index in [4.69, 9.17) is 0 Å². The molecule has 1 aromatic carbocycles. The van der Waals surface area contributed by atoms with Crippen LogP contribution in [-0.2, 0) is 24.1 Å². The summed E-state index contributed by atoms with van der Waals surface area (Å²) >= 11 is 0. The zero-order chi connectivity index (χ0) is 21.9. The summed E-state index contributed by atoms with van der Waals surface area (Å²) < 4.78 is 41.4. The van der Waals surface area contributed by atoms with Gasteiger partial charge in [0.2, 0.25) is 5.91 Å². The molecule has 30 heavy (non-hydrogen) atoms. The van der Waals surface area contributed by atoms with E-state index in [0.29, 0.717) is 18.3 Å². The molecule has 0 aliphatic heterocycles. The zero-order valence-electron chi connectivity index (χ0n) is 16.5. The third kappa shape index (κ3) is 4.97. The van der Waals surface area contributed by atoms with Gasteiger partial charge in [0.25, 0.3) is 5.56 Å². The maximum absolute atomic E-state index is 12.9. The van der Waals surface area contributed by atoms with E-state index in [2.05, 4.69) is 10.3 Å². The van der Waals surface area contributed by atoms with E-state index >= 15 is 0 Å². The number of alkyl halides is 3. The normalized spacial score (nSPS) is 11.7. The molecule has 0 spiro atoms. The molecular formula is C21H21F3N4O2. The molecule has 0 saturated heterocycles. The first-order valence-electron chi connectivity index (χ1n) is 9.31. The summed E-state index contributed by atoms with van der Waals surface area (Å²) in [5, 5.41) is 2.63. The first-order valence-corrected chi connectivity index (χ1v) is 9.31. The van der Waals surface area contributed by atoms with Gasteiger partial charge >= 0.3 is 6.18 Å². The lowest BCUT2D eigenvalue weighted by molar-refractivity contribution is -0.139. The van der Waals surface area contributed by atoms with E-state index in [1.54, 1.807) is 24.4 Å². The van der Waals surface area contributed by atoms with Crippen molar-refractivity contribution >= 4 is 11.6 Å². The Labute approximate surface area is 171 Å². The van der Waals surface area contributed by atoms with Crippen LogP contribution in [0.4, 0.5) is 18.9 Å². The number of carbonyl (C=O) groups is 1. The van der Waals surface area contributed by atoms with Gasteiger partial charge in [-0.3, -0.25) is 9.59 Å². The molecule has 0 aliphatic rings. The minimum atomic E-state index is -4.77. The topological polar surface area (TPSA) is 68.9 Å². The van der Waals surface area contributed by atoms with Gasteiger partial charge in [-0.05, 0) is 29.8 Å². The summed E-state index contributed by atoms with van der Waals surface area (Å²) in [4.78, 5) is 28.6. The summed E-state index contributed by atoms with van der Waals surface area (Å²) in [6.07, 6.45) is -0.0124. The quantitative estimate of drug-likeness (QED) is 0.661. The van der Waals surface area contributed by atoms with Crippen LogP contribution in [0, 0.1) is 0 Å². The number of hydrogen-bond donors (Lipinski definition) is 1. The number of nitrogens with zero attached hydrogens (tertiary/aromatic N) is 3. The van der Waals surface area contributed by atoms with Crippen molar-refractivity contribution < 1.29 is 18.0 Å². The number of halogens is 3. The van der Waals surface area contributed by atoms with Gasteiger partial charge in [0.05, 0.1) is 0 Å². The molecule has 0 unspecified atom stereocenters. The second kappa shape index (κ2) is 8.56. The summed E-state index contributed by atoms with van der Waals surface area (Å²) in [6.45, 7) is 4.13. The number of imidazole rings is 1. The maximum atomic E-state index is 12.9. The molecule has 1 amide bonds. The van der Waals surface area contributed by atoms with Crippen LogP contribution in [0.2, 0.25) is 0 Å². The SMILES string of the molecule is CC(C)c1nccn1Cc1cccc(NC(=O)Cn2cccc(C(F)(F)F)c2=O)c1. The summed E-state index contributed by atoms with van der Waals surface area (Å²) in [5.74, 6) is 0.598. The van der Waals surface area contributed by atoms with Crippen molar-refractivity contribution in [3.8, 4) is 0 Å². The Hall–Kier alpha value is -3.36. The molecule has 3 aromatic rings. The smallest absolute Gasteiger partial charge is 0.330 e. The van der Waals surface area contributed by atoms with Crippen molar-refractivity contribution in [2.75, 3.05) is 5.32 Å². The van der Waals surface area contributed by atoms with Crippen molar-refractivity contribution in [2.45, 2.75) is 39.0 Å². The standard InChI is InChI=1S/C21H21F3N4O2/c1-14(2)19-25-8-10-27(19)12-15-5-3-6-16(11-15)26-18(29)13-28-9-4-7-17(20(28)30)21(22,23)24/h3-11,14H,12-13H2,1-2H3,(H,26,29). The molecular weight excluding hydrogens is 397 g/mol. The minimum Gasteiger partial charge on any atom is -0.330 e. The predicted octanol–water partition coefficient (Wildman–Crippen LogP) is 3.87. The van der Waals surface area contributed by atoms with Gasteiger partial charge in [0.1, 0.15) is 17.9 Å². The van der Waals surface area contributed by atoms with Crippen LogP contribution in [0.15, 0.2) is 59.8 Å². The highest BCUT2D eigenvalue weighted by atomic mass is 19.4. The van der Waals surface area contributed by atoms with E-state index < -0.39 is 29.8 Å². The lowest BCUT2D eigenvalue weighted by Gasteiger charge is -2.13. The van der Waals surface area contributed by atoms with E-state index in [-0.39, 0.29) is 5.92 Å². The number of anilines is 1. The minimum absolute atomic E-state index is 0.258. The molecule has 3 rings (SSSR count). The second-order valence-corrected chi connectivity index (χ2v) is 7.17. The van der Waals surface area contributed by atoms with Crippen molar-refractivity contribution in [3.63, 3.8) is 0 Å². The Balaban J connectivity index is 1.72. The number of amides is 1. The summed E-state index contributed by atoms with van der Waals surface area (Å²) in [5.41, 5.74) is -1.15. The number of hydrogen-bond acceptors (Lipinski definition) is 3. The molecule has 158 valence electrons.